The highest BCUT2D eigenvalue weighted by Crippen LogP contribution is 2.22. The summed E-state index contributed by atoms with van der Waals surface area (Å²) < 4.78 is 5.02. The van der Waals surface area contributed by atoms with Gasteiger partial charge in [0.2, 0.25) is 0 Å². The number of benzene rings is 2. The van der Waals surface area contributed by atoms with Crippen LogP contribution < -0.4 is 5.32 Å². The predicted octanol–water partition coefficient (Wildman–Crippen LogP) is 3.02. The van der Waals surface area contributed by atoms with E-state index in [0.717, 1.165) is 19.3 Å². The number of ether oxygens (including phenoxy) is 1. The van der Waals surface area contributed by atoms with E-state index in [9.17, 15) is 24.5 Å². The van der Waals surface area contributed by atoms with E-state index in [4.69, 9.17) is 4.74 Å². The molecule has 0 unspecified atom stereocenters. The normalized spacial score (nSPS) is 12.5. The highest BCUT2D eigenvalue weighted by atomic mass is 16.6. The number of hydrogen-bond donors (Lipinski definition) is 1. The highest BCUT2D eigenvalue weighted by Gasteiger charge is 2.15. The molecule has 0 aromatic heterocycles. The van der Waals surface area contributed by atoms with Gasteiger partial charge in [0.25, 0.3) is 11.6 Å². The molecule has 8 heteroatoms. The van der Waals surface area contributed by atoms with Crippen LogP contribution in [0.2, 0.25) is 0 Å². The molecule has 0 heterocycles. The molecule has 0 bridgehead atoms. The summed E-state index contributed by atoms with van der Waals surface area (Å²) in [7, 11) is 0. The molecule has 0 radical (unpaired) electrons. The van der Waals surface area contributed by atoms with Crippen molar-refractivity contribution in [3.63, 3.8) is 0 Å². The second-order valence-electron chi connectivity index (χ2n) is 7.08. The average Bonchev–Trinajstić information content (AvgIpc) is 2.77. The molecule has 3 rings (SSSR count). The lowest BCUT2D eigenvalue weighted by Crippen LogP contribution is -2.27. The predicted molar refractivity (Wildman–Crippen MR) is 108 cm³/mol. The Morgan fingerprint density at radius 2 is 1.63 bits per heavy atom. The summed E-state index contributed by atoms with van der Waals surface area (Å²) in [5.74, 6) is -1.31. The van der Waals surface area contributed by atoms with Crippen molar-refractivity contribution in [3.05, 3.63) is 74.8 Å². The van der Waals surface area contributed by atoms with Crippen LogP contribution in [-0.4, -0.2) is 35.7 Å². The summed E-state index contributed by atoms with van der Waals surface area (Å²) in [4.78, 5) is 46.2. The van der Waals surface area contributed by atoms with Gasteiger partial charge in [0.1, 0.15) is 0 Å². The third-order valence-corrected chi connectivity index (χ3v) is 4.99. The molecule has 1 aliphatic carbocycles. The Bertz CT molecular complexity index is 968. The van der Waals surface area contributed by atoms with Gasteiger partial charge in [-0.3, -0.25) is 24.5 Å². The maximum absolute atomic E-state index is 12.3. The van der Waals surface area contributed by atoms with Crippen molar-refractivity contribution < 1.29 is 24.0 Å². The second kappa shape index (κ2) is 9.78. The van der Waals surface area contributed by atoms with E-state index < -0.39 is 16.8 Å². The van der Waals surface area contributed by atoms with Gasteiger partial charge in [0.15, 0.2) is 12.4 Å². The van der Waals surface area contributed by atoms with Gasteiger partial charge in [-0.05, 0) is 55.0 Å². The van der Waals surface area contributed by atoms with Gasteiger partial charge in [-0.2, -0.15) is 0 Å². The van der Waals surface area contributed by atoms with Crippen LogP contribution in [0.15, 0.2) is 42.5 Å². The van der Waals surface area contributed by atoms with Crippen molar-refractivity contribution in [2.24, 2.45) is 0 Å². The number of aryl methyl sites for hydroxylation is 2. The Balaban J connectivity index is 1.41. The third-order valence-electron chi connectivity index (χ3n) is 4.99. The minimum Gasteiger partial charge on any atom is -0.457 e. The second-order valence-corrected chi connectivity index (χ2v) is 7.08. The van der Waals surface area contributed by atoms with E-state index in [1.165, 1.54) is 41.8 Å². The topological polar surface area (TPSA) is 116 Å². The van der Waals surface area contributed by atoms with Crippen LogP contribution >= 0.6 is 0 Å². The van der Waals surface area contributed by atoms with Crippen LogP contribution in [0.5, 0.6) is 0 Å². The van der Waals surface area contributed by atoms with Gasteiger partial charge in [0, 0.05) is 29.8 Å². The van der Waals surface area contributed by atoms with Gasteiger partial charge >= 0.3 is 5.97 Å². The molecule has 0 saturated heterocycles. The molecule has 0 fully saturated rings. The van der Waals surface area contributed by atoms with E-state index in [0.29, 0.717) is 5.56 Å². The van der Waals surface area contributed by atoms with Crippen molar-refractivity contribution in [2.45, 2.75) is 32.1 Å². The highest BCUT2D eigenvalue weighted by molar-refractivity contribution is 5.98. The van der Waals surface area contributed by atoms with Gasteiger partial charge in [0.05, 0.1) is 11.3 Å². The first kappa shape index (κ1) is 21.2. The molecule has 0 atom stereocenters. The summed E-state index contributed by atoms with van der Waals surface area (Å²) >= 11 is 0. The van der Waals surface area contributed by atoms with Crippen LogP contribution in [0.3, 0.4) is 0 Å². The number of non-ortho nitro benzene ring substituents is 1. The molecule has 0 saturated carbocycles. The number of nitrogens with zero attached hydrogens (tertiary/aromatic N) is 1. The lowest BCUT2D eigenvalue weighted by Gasteiger charge is -2.16. The molecule has 30 heavy (non-hydrogen) atoms. The standard InChI is InChI=1S/C22H22N2O6/c25-20(18-6-5-15-3-1-2-4-17(15)13-18)14-30-21(26)11-12-23-22(27)16-7-9-19(10-8-16)24(28)29/h5-10,13H,1-4,11-12,14H2,(H,23,27). The van der Waals surface area contributed by atoms with Crippen molar-refractivity contribution in [1.29, 1.82) is 0 Å². The summed E-state index contributed by atoms with van der Waals surface area (Å²) in [6, 6.07) is 10.8. The number of fused-ring (bicyclic) bond motifs is 1. The summed E-state index contributed by atoms with van der Waals surface area (Å²) in [5.41, 5.74) is 3.14. The Morgan fingerprint density at radius 1 is 0.967 bits per heavy atom. The molecule has 8 nitrogen and oxygen atoms in total. The third kappa shape index (κ3) is 5.50. The Kier molecular flexibility index (Phi) is 6.90. The molecule has 1 amide bonds. The number of carbonyl (C=O) groups excluding carboxylic acids is 3. The molecule has 1 aliphatic rings. The van der Waals surface area contributed by atoms with Crippen LogP contribution in [0.1, 0.15) is 51.1 Å². The van der Waals surface area contributed by atoms with E-state index in [-0.39, 0.29) is 36.6 Å². The summed E-state index contributed by atoms with van der Waals surface area (Å²) in [5, 5.41) is 13.2. The van der Waals surface area contributed by atoms with Crippen LogP contribution in [0, 0.1) is 10.1 Å². The number of nitrogens with one attached hydrogen (secondary N) is 1. The van der Waals surface area contributed by atoms with E-state index in [2.05, 4.69) is 5.32 Å². The fourth-order valence-electron chi connectivity index (χ4n) is 3.32. The van der Waals surface area contributed by atoms with Crippen molar-refractivity contribution in [2.75, 3.05) is 13.2 Å². The summed E-state index contributed by atoms with van der Waals surface area (Å²) in [6.07, 6.45) is 4.19. The Labute approximate surface area is 173 Å². The zero-order valence-electron chi connectivity index (χ0n) is 16.4. The maximum Gasteiger partial charge on any atom is 0.308 e. The molecular weight excluding hydrogens is 388 g/mol. The lowest BCUT2D eigenvalue weighted by atomic mass is 9.90. The van der Waals surface area contributed by atoms with E-state index >= 15 is 0 Å². The van der Waals surface area contributed by atoms with Crippen LogP contribution in [0.25, 0.3) is 0 Å². The van der Waals surface area contributed by atoms with Gasteiger partial charge in [-0.25, -0.2) is 0 Å². The maximum atomic E-state index is 12.3. The Morgan fingerprint density at radius 3 is 2.33 bits per heavy atom. The molecule has 0 aliphatic heterocycles. The molecule has 2 aromatic rings. The van der Waals surface area contributed by atoms with Crippen molar-refractivity contribution in [1.82, 2.24) is 5.32 Å². The summed E-state index contributed by atoms with van der Waals surface area (Å²) in [6.45, 7) is -0.310. The fraction of sp³-hybridized carbons (Fsp3) is 0.318. The number of nitro groups is 1. The quantitative estimate of drug-likeness (QED) is 0.310. The molecular formula is C22H22N2O6. The Hall–Kier alpha value is -3.55. The number of rotatable bonds is 8. The lowest BCUT2D eigenvalue weighted by molar-refractivity contribution is -0.384. The largest absolute Gasteiger partial charge is 0.457 e. The first-order valence-electron chi connectivity index (χ1n) is 9.77. The fourth-order valence-corrected chi connectivity index (χ4v) is 3.32. The number of amides is 1. The smallest absolute Gasteiger partial charge is 0.308 e. The van der Waals surface area contributed by atoms with E-state index in [1.54, 1.807) is 6.07 Å². The number of hydrogen-bond acceptors (Lipinski definition) is 6. The zero-order chi connectivity index (χ0) is 21.5. The SMILES string of the molecule is O=C(CCNC(=O)c1ccc([N+](=O)[O-])cc1)OCC(=O)c1ccc2c(c1)CCCC2. The average molecular weight is 410 g/mol. The number of ketones is 1. The van der Waals surface area contributed by atoms with Gasteiger partial charge < -0.3 is 10.1 Å². The number of carbonyl (C=O) groups is 3. The number of esters is 1. The molecule has 0 spiro atoms. The van der Waals surface area contributed by atoms with Crippen LogP contribution in [0.4, 0.5) is 5.69 Å². The monoisotopic (exact) mass is 410 g/mol. The van der Waals surface area contributed by atoms with Crippen molar-refractivity contribution >= 4 is 23.3 Å². The number of Topliss-reactive ketones (excluding diaryl/α,β-unsaturated/α-hetero) is 1. The minimum atomic E-state index is -0.592. The van der Waals surface area contributed by atoms with E-state index in [1.807, 2.05) is 12.1 Å². The van der Waals surface area contributed by atoms with Gasteiger partial charge in [-0.1, -0.05) is 12.1 Å². The van der Waals surface area contributed by atoms with Crippen molar-refractivity contribution in [3.8, 4) is 0 Å². The zero-order valence-corrected chi connectivity index (χ0v) is 16.4. The minimum absolute atomic E-state index is 0.0295. The molecule has 2 aromatic carbocycles. The van der Waals surface area contributed by atoms with Crippen LogP contribution in [-0.2, 0) is 22.4 Å². The molecule has 1 N–H and O–H groups in total. The van der Waals surface area contributed by atoms with Gasteiger partial charge in [-0.15, -0.1) is 0 Å². The first-order chi connectivity index (χ1) is 14.4. The molecule has 156 valence electrons. The number of nitro benzene ring substituents is 1. The first-order valence-corrected chi connectivity index (χ1v) is 9.77.